The molecule has 0 radical (unpaired) electrons. The fourth-order valence-electron chi connectivity index (χ4n) is 7.98. The second kappa shape index (κ2) is 12.8. The molecule has 9 rings (SSSR count). The number of hydrogen-bond acceptors (Lipinski definition) is 9. The van der Waals surface area contributed by atoms with Crippen LogP contribution in [-0.4, -0.2) is 11.6 Å². The van der Waals surface area contributed by atoms with E-state index in [4.69, 9.17) is 11.3 Å². The van der Waals surface area contributed by atoms with Gasteiger partial charge in [0.1, 0.15) is 23.3 Å². The smallest absolute Gasteiger partial charge is 0.270 e. The molecule has 0 atom stereocenters. The maximum Gasteiger partial charge on any atom is 0.270 e. The highest BCUT2D eigenvalue weighted by molar-refractivity contribution is 7.32. The predicted molar refractivity (Wildman–Crippen MR) is 203 cm³/mol. The Morgan fingerprint density at radius 2 is 1.27 bits per heavy atom. The number of Topliss-reactive ketones (excluding diaryl/α,β-unsaturated/α-hetero) is 2. The van der Waals surface area contributed by atoms with E-state index in [2.05, 4.69) is 4.85 Å². The van der Waals surface area contributed by atoms with E-state index in [0.717, 1.165) is 68.2 Å². The van der Waals surface area contributed by atoms with Crippen LogP contribution in [0, 0.1) is 63.8 Å². The van der Waals surface area contributed by atoms with Gasteiger partial charge in [-0.25, -0.2) is 27.7 Å². The lowest BCUT2D eigenvalue weighted by molar-refractivity contribution is 0.0267. The van der Waals surface area contributed by atoms with Crippen LogP contribution in [0.5, 0.6) is 5.75 Å². The van der Waals surface area contributed by atoms with Crippen molar-refractivity contribution >= 4 is 78.3 Å². The van der Waals surface area contributed by atoms with Crippen molar-refractivity contribution in [1.82, 2.24) is 0 Å². The van der Waals surface area contributed by atoms with Gasteiger partial charge in [-0.15, -0.1) is 34.0 Å². The molecule has 1 spiro atoms. The number of nitrogens with zero attached hydrogens (tertiary/aromatic N) is 4. The largest absolute Gasteiger partial charge is 0.479 e. The van der Waals surface area contributed by atoms with Crippen LogP contribution >= 0.6 is 34.0 Å². The number of ether oxygens (including phenoxy) is 1. The molecule has 3 aromatic heterocycles. The minimum atomic E-state index is -1.22. The standard InChI is InChI=1S/C42H18F4N4O3S3/c1-50-32(17-49)35-22-12-29(44)31(46)14-24(22)37(52)26(35)8-20-10-33-40(55-20)38-41(56-33)39-27(42(53-38)5-3-2-4-6-42)9-19(54-39)7-25-34(18(15-47)16-48)21-11-28(43)30(45)13-23(21)36(25)51/h7-14H,2-6H2/b25-7-,26-8-,35-32?. The number of carbonyl (C=O) groups excluding carboxylic acids is 2. The summed E-state index contributed by atoms with van der Waals surface area (Å²) < 4.78 is 65.8. The molecule has 3 aliphatic carbocycles. The lowest BCUT2D eigenvalue weighted by atomic mass is 9.78. The molecule has 0 N–H and O–H groups in total. The third kappa shape index (κ3) is 5.08. The number of fused-ring (bicyclic) bond motifs is 8. The number of rotatable bonds is 2. The Balaban J connectivity index is 1.18. The van der Waals surface area contributed by atoms with Gasteiger partial charge in [0.15, 0.2) is 40.6 Å². The number of nitriles is 3. The average molecular weight is 799 g/mol. The van der Waals surface area contributed by atoms with Crippen LogP contribution in [0.3, 0.4) is 0 Å². The molecule has 0 amide bonds. The van der Waals surface area contributed by atoms with Crippen LogP contribution in [0.4, 0.5) is 17.6 Å². The van der Waals surface area contributed by atoms with E-state index in [1.807, 2.05) is 12.1 Å². The molecule has 1 aliphatic heterocycles. The first-order valence-electron chi connectivity index (χ1n) is 17.0. The topological polar surface area (TPSA) is 119 Å². The summed E-state index contributed by atoms with van der Waals surface area (Å²) in [5.74, 6) is -5.50. The monoisotopic (exact) mass is 798 g/mol. The van der Waals surface area contributed by atoms with Crippen molar-refractivity contribution in [3.05, 3.63) is 131 Å². The Hall–Kier alpha value is -6.42. The number of allylic oxidation sites excluding steroid dienone is 6. The van der Waals surface area contributed by atoms with E-state index < -0.39 is 51.7 Å². The zero-order valence-corrected chi connectivity index (χ0v) is 30.9. The van der Waals surface area contributed by atoms with Gasteiger partial charge in [-0.2, -0.15) is 10.5 Å². The molecule has 14 heteroatoms. The van der Waals surface area contributed by atoms with Crippen LogP contribution in [0.25, 0.3) is 47.3 Å². The maximum atomic E-state index is 14.4. The van der Waals surface area contributed by atoms with Gasteiger partial charge in [0.05, 0.1) is 31.8 Å². The number of thiophene rings is 3. The van der Waals surface area contributed by atoms with Crippen molar-refractivity contribution in [2.75, 3.05) is 0 Å². The third-order valence-corrected chi connectivity index (χ3v) is 14.0. The second-order valence-electron chi connectivity index (χ2n) is 13.5. The summed E-state index contributed by atoms with van der Waals surface area (Å²) >= 11 is 4.16. The molecule has 0 bridgehead atoms. The van der Waals surface area contributed by atoms with Gasteiger partial charge < -0.3 is 4.74 Å². The van der Waals surface area contributed by atoms with Gasteiger partial charge in [0.25, 0.3) is 5.70 Å². The van der Waals surface area contributed by atoms with Crippen LogP contribution < -0.4 is 4.74 Å². The molecule has 270 valence electrons. The van der Waals surface area contributed by atoms with E-state index in [1.54, 1.807) is 24.3 Å². The Morgan fingerprint density at radius 1 is 0.714 bits per heavy atom. The van der Waals surface area contributed by atoms with E-state index in [1.165, 1.54) is 40.1 Å². The number of halogens is 4. The van der Waals surface area contributed by atoms with Crippen molar-refractivity contribution < 1.29 is 31.9 Å². The summed E-state index contributed by atoms with van der Waals surface area (Å²) in [6.45, 7) is 7.54. The summed E-state index contributed by atoms with van der Waals surface area (Å²) in [5, 5.41) is 29.3. The first-order valence-corrected chi connectivity index (χ1v) is 19.4. The fraction of sp³-hybridized carbons (Fsp3) is 0.143. The minimum Gasteiger partial charge on any atom is -0.479 e. The summed E-state index contributed by atoms with van der Waals surface area (Å²) in [7, 11) is 0. The van der Waals surface area contributed by atoms with Gasteiger partial charge in [0.2, 0.25) is 0 Å². The van der Waals surface area contributed by atoms with Gasteiger partial charge >= 0.3 is 0 Å². The number of carbonyl (C=O) groups is 2. The van der Waals surface area contributed by atoms with Crippen molar-refractivity contribution in [1.29, 1.82) is 15.8 Å². The van der Waals surface area contributed by atoms with Gasteiger partial charge in [-0.3, -0.25) is 9.59 Å². The second-order valence-corrected chi connectivity index (χ2v) is 16.7. The predicted octanol–water partition coefficient (Wildman–Crippen LogP) is 11.3. The molecule has 0 unspecified atom stereocenters. The Kier molecular flexibility index (Phi) is 8.09. The maximum absolute atomic E-state index is 14.4. The Bertz CT molecular complexity index is 2980. The molecule has 1 fully saturated rings. The Labute approximate surface area is 327 Å². The molecular weight excluding hydrogens is 781 g/mol. The normalized spacial score (nSPS) is 18.5. The quantitative estimate of drug-likeness (QED) is 0.0759. The van der Waals surface area contributed by atoms with Crippen LogP contribution in [0.1, 0.15) is 79.3 Å². The molecule has 2 aromatic carbocycles. The van der Waals surface area contributed by atoms with Crippen molar-refractivity contribution in [3.63, 3.8) is 0 Å². The van der Waals surface area contributed by atoms with Gasteiger partial charge in [-0.05, 0) is 85.4 Å². The number of hydrogen-bond donors (Lipinski definition) is 0. The van der Waals surface area contributed by atoms with Gasteiger partial charge in [-0.1, -0.05) is 6.42 Å². The van der Waals surface area contributed by atoms with Crippen LogP contribution in [0.15, 0.2) is 58.8 Å². The number of ketones is 2. The molecule has 4 heterocycles. The van der Waals surface area contributed by atoms with E-state index in [-0.39, 0.29) is 44.5 Å². The first kappa shape index (κ1) is 35.3. The minimum absolute atomic E-state index is 0.0225. The summed E-state index contributed by atoms with van der Waals surface area (Å²) in [5.41, 5.74) is -1.12. The molecule has 0 saturated heterocycles. The highest BCUT2D eigenvalue weighted by atomic mass is 32.1. The van der Waals surface area contributed by atoms with Crippen molar-refractivity contribution in [2.24, 2.45) is 0 Å². The van der Waals surface area contributed by atoms with Crippen LogP contribution in [-0.2, 0) is 5.60 Å². The van der Waals surface area contributed by atoms with E-state index in [9.17, 15) is 42.9 Å². The highest BCUT2D eigenvalue weighted by Crippen LogP contribution is 2.60. The Morgan fingerprint density at radius 3 is 1.84 bits per heavy atom. The molecular formula is C42H18F4N4O3S3. The SMILES string of the molecule is [C-]#[N+]C(C#N)=C1/C(=C/c2cc3sc4c(c3s2)OC2(CCCCC2)c2cc(/C=C3\C(=O)c5cc(F)c(F)cc5C3=C(C#N)C#N)sc2-4)C(=O)c2cc(F)c(F)cc21. The first-order chi connectivity index (χ1) is 27.0. The van der Waals surface area contributed by atoms with E-state index >= 15 is 0 Å². The van der Waals surface area contributed by atoms with E-state index in [0.29, 0.717) is 28.3 Å². The highest BCUT2D eigenvalue weighted by Gasteiger charge is 2.45. The molecule has 7 nitrogen and oxygen atoms in total. The molecule has 56 heavy (non-hydrogen) atoms. The van der Waals surface area contributed by atoms with Crippen molar-refractivity contribution in [3.8, 4) is 33.7 Å². The fourth-order valence-corrected chi connectivity index (χ4v) is 11.8. The zero-order chi connectivity index (χ0) is 39.2. The zero-order valence-electron chi connectivity index (χ0n) is 28.4. The molecule has 4 aliphatic rings. The number of benzene rings is 2. The summed E-state index contributed by atoms with van der Waals surface area (Å²) in [6.07, 6.45) is 7.28. The molecule has 5 aromatic rings. The lowest BCUT2D eigenvalue weighted by Crippen LogP contribution is -2.37. The third-order valence-electron chi connectivity index (χ3n) is 10.4. The van der Waals surface area contributed by atoms with Crippen molar-refractivity contribution in [2.45, 2.75) is 37.7 Å². The lowest BCUT2D eigenvalue weighted by Gasteiger charge is -2.40. The average Bonchev–Trinajstić information content (AvgIpc) is 3.98. The summed E-state index contributed by atoms with van der Waals surface area (Å²) in [6, 6.07) is 12.4. The van der Waals surface area contributed by atoms with Gasteiger partial charge in [0, 0.05) is 48.7 Å². The summed E-state index contributed by atoms with van der Waals surface area (Å²) in [4.78, 5) is 33.4. The van der Waals surface area contributed by atoms with Crippen LogP contribution in [0.2, 0.25) is 0 Å². The molecule has 1 saturated carbocycles.